The van der Waals surface area contributed by atoms with Crippen molar-refractivity contribution in [3.8, 4) is 5.69 Å². The summed E-state index contributed by atoms with van der Waals surface area (Å²) in [5, 5.41) is 8.35. The third-order valence-electron chi connectivity index (χ3n) is 4.94. The largest absolute Gasteiger partial charge is 0.451 e. The maximum Gasteiger partial charge on any atom is 0.291 e. The van der Waals surface area contributed by atoms with Gasteiger partial charge in [-0.25, -0.2) is 9.67 Å². The molecule has 0 radical (unpaired) electrons. The molecule has 0 aliphatic rings. The number of hydrogen-bond acceptors (Lipinski definition) is 6. The summed E-state index contributed by atoms with van der Waals surface area (Å²) in [6.07, 6.45) is 2.76. The van der Waals surface area contributed by atoms with Crippen LogP contribution in [-0.2, 0) is 11.3 Å². The Morgan fingerprint density at radius 1 is 1.16 bits per heavy atom. The van der Waals surface area contributed by atoms with Crippen LogP contribution in [0.15, 0.2) is 70.3 Å². The maximum absolute atomic E-state index is 13.2. The second-order valence-electron chi connectivity index (χ2n) is 6.84. The van der Waals surface area contributed by atoms with Crippen LogP contribution in [0.25, 0.3) is 27.7 Å². The third-order valence-corrected chi connectivity index (χ3v) is 4.94. The number of ether oxygens (including phenoxy) is 1. The summed E-state index contributed by atoms with van der Waals surface area (Å²) >= 11 is 0. The highest BCUT2D eigenvalue weighted by atomic mass is 16.5. The number of carbonyl (C=O) groups is 1. The number of amides is 1. The van der Waals surface area contributed by atoms with Crippen molar-refractivity contribution in [3.05, 3.63) is 82.7 Å². The van der Waals surface area contributed by atoms with E-state index in [9.17, 15) is 9.59 Å². The van der Waals surface area contributed by atoms with E-state index in [0.717, 1.165) is 5.39 Å². The molecule has 3 aromatic heterocycles. The molecule has 0 saturated heterocycles. The van der Waals surface area contributed by atoms with E-state index in [4.69, 9.17) is 9.15 Å². The summed E-state index contributed by atoms with van der Waals surface area (Å²) in [5.74, 6) is -0.240. The first kappa shape index (κ1) is 18.8. The van der Waals surface area contributed by atoms with Gasteiger partial charge in [0.25, 0.3) is 11.5 Å². The molecular formula is C22H17N5O4. The molecule has 0 fully saturated rings. The zero-order chi connectivity index (χ0) is 21.4. The first-order valence-corrected chi connectivity index (χ1v) is 9.49. The lowest BCUT2D eigenvalue weighted by Gasteiger charge is -2.11. The number of nitrogens with one attached hydrogen (secondary N) is 2. The number of anilines is 1. The van der Waals surface area contributed by atoms with Gasteiger partial charge in [0.1, 0.15) is 11.0 Å². The first-order chi connectivity index (χ1) is 15.2. The molecule has 5 rings (SSSR count). The van der Waals surface area contributed by atoms with Crippen molar-refractivity contribution in [1.29, 1.82) is 0 Å². The molecule has 0 bridgehead atoms. The summed E-state index contributed by atoms with van der Waals surface area (Å²) in [6.45, 7) is 0.234. The SMILES string of the molecule is COCc1c(C(=O)Nc2ccccc2-n2ncc3c(=O)[nH]cnc32)oc2ccccc12. The van der Waals surface area contributed by atoms with Crippen molar-refractivity contribution in [2.45, 2.75) is 6.61 Å². The van der Waals surface area contributed by atoms with Gasteiger partial charge in [-0.05, 0) is 18.2 Å². The van der Waals surface area contributed by atoms with Crippen LogP contribution in [-0.4, -0.2) is 32.8 Å². The zero-order valence-corrected chi connectivity index (χ0v) is 16.5. The summed E-state index contributed by atoms with van der Waals surface area (Å²) in [5.41, 5.74) is 2.43. The fourth-order valence-electron chi connectivity index (χ4n) is 3.55. The lowest BCUT2D eigenvalue weighted by Crippen LogP contribution is -2.15. The topological polar surface area (TPSA) is 115 Å². The van der Waals surface area contributed by atoms with Gasteiger partial charge in [0.2, 0.25) is 0 Å². The molecule has 2 N–H and O–H groups in total. The Kier molecular flexibility index (Phi) is 4.57. The monoisotopic (exact) mass is 415 g/mol. The number of aromatic nitrogens is 4. The summed E-state index contributed by atoms with van der Waals surface area (Å²) < 4.78 is 12.6. The number of hydrogen-bond donors (Lipinski definition) is 2. The molecule has 9 heteroatoms. The first-order valence-electron chi connectivity index (χ1n) is 9.49. The molecule has 3 heterocycles. The van der Waals surface area contributed by atoms with E-state index in [-0.39, 0.29) is 17.9 Å². The molecule has 9 nitrogen and oxygen atoms in total. The smallest absolute Gasteiger partial charge is 0.291 e. The van der Waals surface area contributed by atoms with E-state index in [0.29, 0.717) is 33.6 Å². The fraction of sp³-hybridized carbons (Fsp3) is 0.0909. The lowest BCUT2D eigenvalue weighted by molar-refractivity contribution is 0.0992. The molecule has 0 aliphatic heterocycles. The lowest BCUT2D eigenvalue weighted by atomic mass is 10.1. The minimum atomic E-state index is -0.419. The standard InChI is InChI=1S/C22H17N5O4/c1-30-11-15-13-6-2-5-9-18(13)31-19(15)22(29)26-16-7-3-4-8-17(16)27-20-14(10-25-27)21(28)24-12-23-20/h2-10,12H,11H2,1H3,(H,26,29)(H,23,24,28). The Hall–Kier alpha value is -4.24. The van der Waals surface area contributed by atoms with Crippen molar-refractivity contribution in [2.24, 2.45) is 0 Å². The van der Waals surface area contributed by atoms with Crippen molar-refractivity contribution >= 4 is 33.6 Å². The summed E-state index contributed by atoms with van der Waals surface area (Å²) in [4.78, 5) is 31.9. The van der Waals surface area contributed by atoms with E-state index in [1.165, 1.54) is 17.2 Å². The molecule has 0 saturated carbocycles. The number of aromatic amines is 1. The number of fused-ring (bicyclic) bond motifs is 2. The normalized spacial score (nSPS) is 11.3. The Balaban J connectivity index is 1.57. The van der Waals surface area contributed by atoms with Crippen molar-refractivity contribution < 1.29 is 13.9 Å². The molecule has 0 atom stereocenters. The Bertz CT molecular complexity index is 1480. The number of rotatable bonds is 5. The molecule has 2 aromatic carbocycles. The van der Waals surface area contributed by atoms with Crippen LogP contribution in [0, 0.1) is 0 Å². The van der Waals surface area contributed by atoms with Gasteiger partial charge in [0.05, 0.1) is 30.5 Å². The Labute approximate surface area is 175 Å². The minimum absolute atomic E-state index is 0.178. The summed E-state index contributed by atoms with van der Waals surface area (Å²) in [6, 6.07) is 14.5. The van der Waals surface area contributed by atoms with E-state index in [1.54, 1.807) is 31.4 Å². The highest BCUT2D eigenvalue weighted by molar-refractivity contribution is 6.07. The highest BCUT2D eigenvalue weighted by Crippen LogP contribution is 2.28. The molecular weight excluding hydrogens is 398 g/mol. The molecule has 31 heavy (non-hydrogen) atoms. The van der Waals surface area contributed by atoms with E-state index in [2.05, 4.69) is 20.4 Å². The van der Waals surface area contributed by atoms with Crippen LogP contribution in [0.2, 0.25) is 0 Å². The van der Waals surface area contributed by atoms with Crippen LogP contribution < -0.4 is 10.9 Å². The van der Waals surface area contributed by atoms with Gasteiger partial charge in [-0.3, -0.25) is 9.59 Å². The average Bonchev–Trinajstić information content (AvgIpc) is 3.38. The molecule has 154 valence electrons. The number of methoxy groups -OCH3 is 1. The number of para-hydroxylation sites is 3. The number of benzene rings is 2. The van der Waals surface area contributed by atoms with Gasteiger partial charge < -0.3 is 19.5 Å². The van der Waals surface area contributed by atoms with Crippen LogP contribution in [0.1, 0.15) is 16.1 Å². The van der Waals surface area contributed by atoms with Gasteiger partial charge >= 0.3 is 0 Å². The molecule has 5 aromatic rings. The minimum Gasteiger partial charge on any atom is -0.451 e. The van der Waals surface area contributed by atoms with Gasteiger partial charge in [0.15, 0.2) is 11.4 Å². The van der Waals surface area contributed by atoms with E-state index in [1.807, 2.05) is 24.3 Å². The zero-order valence-electron chi connectivity index (χ0n) is 16.5. The van der Waals surface area contributed by atoms with Gasteiger partial charge in [0, 0.05) is 18.1 Å². The summed E-state index contributed by atoms with van der Waals surface area (Å²) in [7, 11) is 1.57. The molecule has 0 spiro atoms. The van der Waals surface area contributed by atoms with Crippen molar-refractivity contribution in [3.63, 3.8) is 0 Å². The number of carbonyl (C=O) groups excluding carboxylic acids is 1. The Morgan fingerprint density at radius 3 is 2.84 bits per heavy atom. The van der Waals surface area contributed by atoms with Crippen LogP contribution >= 0.6 is 0 Å². The third kappa shape index (κ3) is 3.17. The number of nitrogens with zero attached hydrogens (tertiary/aromatic N) is 3. The van der Waals surface area contributed by atoms with Gasteiger partial charge in [-0.15, -0.1) is 0 Å². The Morgan fingerprint density at radius 2 is 1.97 bits per heavy atom. The molecule has 0 aliphatic carbocycles. The molecule has 1 amide bonds. The van der Waals surface area contributed by atoms with Crippen LogP contribution in [0.5, 0.6) is 0 Å². The van der Waals surface area contributed by atoms with Gasteiger partial charge in [-0.2, -0.15) is 5.10 Å². The fourth-order valence-corrected chi connectivity index (χ4v) is 3.55. The predicted octanol–water partition coefficient (Wildman–Crippen LogP) is 3.25. The maximum atomic E-state index is 13.2. The second-order valence-corrected chi connectivity index (χ2v) is 6.84. The second kappa shape index (κ2) is 7.54. The van der Waals surface area contributed by atoms with Crippen LogP contribution in [0.4, 0.5) is 5.69 Å². The number of furan rings is 1. The average molecular weight is 415 g/mol. The van der Waals surface area contributed by atoms with Crippen molar-refractivity contribution in [2.75, 3.05) is 12.4 Å². The van der Waals surface area contributed by atoms with E-state index < -0.39 is 5.91 Å². The predicted molar refractivity (Wildman–Crippen MR) is 114 cm³/mol. The quantitative estimate of drug-likeness (QED) is 0.455. The van der Waals surface area contributed by atoms with Crippen molar-refractivity contribution in [1.82, 2.24) is 19.7 Å². The van der Waals surface area contributed by atoms with Crippen LogP contribution in [0.3, 0.4) is 0 Å². The highest BCUT2D eigenvalue weighted by Gasteiger charge is 2.22. The van der Waals surface area contributed by atoms with Gasteiger partial charge in [-0.1, -0.05) is 30.3 Å². The molecule has 0 unspecified atom stereocenters. The number of H-pyrrole nitrogens is 1. The van der Waals surface area contributed by atoms with E-state index >= 15 is 0 Å².